The smallest absolute Gasteiger partial charge is 0.129 e. The van der Waals surface area contributed by atoms with E-state index in [1.54, 1.807) is 6.26 Å². The van der Waals surface area contributed by atoms with E-state index in [1.165, 1.54) is 12.0 Å². The maximum atomic E-state index is 10.1. The Morgan fingerprint density at radius 3 is 2.87 bits per heavy atom. The van der Waals surface area contributed by atoms with Gasteiger partial charge in [0.25, 0.3) is 0 Å². The van der Waals surface area contributed by atoms with Crippen molar-refractivity contribution in [3.63, 3.8) is 0 Å². The summed E-state index contributed by atoms with van der Waals surface area (Å²) in [6.45, 7) is 3.57. The van der Waals surface area contributed by atoms with Crippen LogP contribution in [0.2, 0.25) is 0 Å². The number of rotatable bonds is 8. The zero-order valence-corrected chi connectivity index (χ0v) is 13.4. The van der Waals surface area contributed by atoms with E-state index in [0.29, 0.717) is 25.7 Å². The molecule has 0 spiro atoms. The molecular weight excluding hydrogens is 290 g/mol. The molecule has 0 radical (unpaired) electrons. The first-order valence-corrected chi connectivity index (χ1v) is 8.34. The molecule has 2 heterocycles. The third-order valence-corrected chi connectivity index (χ3v) is 4.34. The first-order valence-electron chi connectivity index (χ1n) is 8.34. The highest BCUT2D eigenvalue weighted by molar-refractivity contribution is 5.15. The summed E-state index contributed by atoms with van der Waals surface area (Å²) < 4.78 is 10.7. The van der Waals surface area contributed by atoms with Crippen molar-refractivity contribution < 1.29 is 14.3 Å². The van der Waals surface area contributed by atoms with Gasteiger partial charge in [-0.15, -0.1) is 0 Å². The second kappa shape index (κ2) is 8.29. The van der Waals surface area contributed by atoms with Crippen LogP contribution in [0.4, 0.5) is 0 Å². The molecule has 4 heteroatoms. The van der Waals surface area contributed by atoms with Crippen LogP contribution in [-0.2, 0) is 17.8 Å². The fourth-order valence-corrected chi connectivity index (χ4v) is 3.23. The van der Waals surface area contributed by atoms with Crippen molar-refractivity contribution >= 4 is 0 Å². The average Bonchev–Trinajstić information content (AvgIpc) is 3.21. The van der Waals surface area contributed by atoms with Crippen LogP contribution in [0.15, 0.2) is 53.1 Å². The van der Waals surface area contributed by atoms with Gasteiger partial charge in [0.15, 0.2) is 0 Å². The van der Waals surface area contributed by atoms with Gasteiger partial charge in [-0.25, -0.2) is 0 Å². The molecule has 1 saturated heterocycles. The van der Waals surface area contributed by atoms with Crippen LogP contribution in [0.3, 0.4) is 0 Å². The third kappa shape index (κ3) is 5.20. The number of aliphatic hydroxyl groups is 1. The van der Waals surface area contributed by atoms with Crippen molar-refractivity contribution in [3.8, 4) is 0 Å². The highest BCUT2D eigenvalue weighted by Gasteiger charge is 2.24. The van der Waals surface area contributed by atoms with Gasteiger partial charge in [0.2, 0.25) is 0 Å². The SMILES string of the molecule is OC(COCc1ccco1)CN1CCC(Cc2ccccc2)C1. The molecule has 0 saturated carbocycles. The van der Waals surface area contributed by atoms with Gasteiger partial charge in [-0.3, -0.25) is 0 Å². The van der Waals surface area contributed by atoms with Crippen molar-refractivity contribution in [1.29, 1.82) is 0 Å². The molecule has 23 heavy (non-hydrogen) atoms. The van der Waals surface area contributed by atoms with Gasteiger partial charge in [0, 0.05) is 13.1 Å². The quantitative estimate of drug-likeness (QED) is 0.813. The van der Waals surface area contributed by atoms with E-state index in [2.05, 4.69) is 35.2 Å². The van der Waals surface area contributed by atoms with Gasteiger partial charge in [0.05, 0.1) is 19.0 Å². The zero-order chi connectivity index (χ0) is 15.9. The molecule has 1 aliphatic heterocycles. The molecule has 0 amide bonds. The molecule has 1 N–H and O–H groups in total. The summed E-state index contributed by atoms with van der Waals surface area (Å²) in [4.78, 5) is 2.34. The van der Waals surface area contributed by atoms with Crippen LogP contribution in [0.1, 0.15) is 17.7 Å². The van der Waals surface area contributed by atoms with E-state index in [1.807, 2.05) is 12.1 Å². The van der Waals surface area contributed by atoms with Crippen LogP contribution in [0.25, 0.3) is 0 Å². The minimum absolute atomic E-state index is 0.348. The summed E-state index contributed by atoms with van der Waals surface area (Å²) in [5, 5.41) is 10.1. The van der Waals surface area contributed by atoms with Crippen LogP contribution in [0, 0.1) is 5.92 Å². The lowest BCUT2D eigenvalue weighted by atomic mass is 9.99. The second-order valence-corrected chi connectivity index (χ2v) is 6.35. The van der Waals surface area contributed by atoms with Crippen LogP contribution < -0.4 is 0 Å². The number of hydrogen-bond donors (Lipinski definition) is 1. The topological polar surface area (TPSA) is 45.8 Å². The third-order valence-electron chi connectivity index (χ3n) is 4.34. The monoisotopic (exact) mass is 315 g/mol. The number of ether oxygens (including phenoxy) is 1. The summed E-state index contributed by atoms with van der Waals surface area (Å²) in [7, 11) is 0. The molecular formula is C19H25NO3. The molecule has 0 bridgehead atoms. The highest BCUT2D eigenvalue weighted by Crippen LogP contribution is 2.21. The fourth-order valence-electron chi connectivity index (χ4n) is 3.23. The lowest BCUT2D eigenvalue weighted by Crippen LogP contribution is -2.33. The van der Waals surface area contributed by atoms with E-state index < -0.39 is 6.10 Å². The molecule has 1 aliphatic rings. The van der Waals surface area contributed by atoms with Gasteiger partial charge < -0.3 is 19.2 Å². The number of β-amino-alcohol motifs (C(OH)–C–C–N with tert-alkyl or cyclic N) is 1. The molecule has 3 rings (SSSR count). The van der Waals surface area contributed by atoms with E-state index in [-0.39, 0.29) is 0 Å². The summed E-state index contributed by atoms with van der Waals surface area (Å²) in [5.41, 5.74) is 1.40. The normalized spacial score (nSPS) is 20.0. The lowest BCUT2D eigenvalue weighted by Gasteiger charge is -2.20. The Morgan fingerprint density at radius 2 is 2.09 bits per heavy atom. The molecule has 2 unspecified atom stereocenters. The van der Waals surface area contributed by atoms with Gasteiger partial charge in [-0.2, -0.15) is 0 Å². The molecule has 124 valence electrons. The Morgan fingerprint density at radius 1 is 1.22 bits per heavy atom. The van der Waals surface area contributed by atoms with Crippen LogP contribution in [0.5, 0.6) is 0 Å². The number of furan rings is 1. The Balaban J connectivity index is 1.34. The first-order chi connectivity index (χ1) is 11.3. The number of benzene rings is 1. The second-order valence-electron chi connectivity index (χ2n) is 6.35. The summed E-state index contributed by atoms with van der Waals surface area (Å²) in [6.07, 6.45) is 3.52. The molecule has 2 atom stereocenters. The van der Waals surface area contributed by atoms with Gasteiger partial charge >= 0.3 is 0 Å². The van der Waals surface area contributed by atoms with Crippen molar-refractivity contribution in [1.82, 2.24) is 4.90 Å². The Labute approximate surface area is 137 Å². The van der Waals surface area contributed by atoms with Crippen molar-refractivity contribution in [2.24, 2.45) is 5.92 Å². The number of hydrogen-bond acceptors (Lipinski definition) is 4. The van der Waals surface area contributed by atoms with Gasteiger partial charge in [-0.1, -0.05) is 30.3 Å². The molecule has 2 aromatic rings. The van der Waals surface area contributed by atoms with Crippen LogP contribution >= 0.6 is 0 Å². The summed E-state index contributed by atoms with van der Waals surface area (Å²) in [6, 6.07) is 14.4. The van der Waals surface area contributed by atoms with E-state index in [4.69, 9.17) is 9.15 Å². The maximum absolute atomic E-state index is 10.1. The Bertz CT molecular complexity index is 555. The molecule has 1 aromatic heterocycles. The Hall–Kier alpha value is -1.62. The summed E-state index contributed by atoms with van der Waals surface area (Å²) >= 11 is 0. The lowest BCUT2D eigenvalue weighted by molar-refractivity contribution is 0.00786. The number of aliphatic hydroxyl groups excluding tert-OH is 1. The number of nitrogens with zero attached hydrogens (tertiary/aromatic N) is 1. The van der Waals surface area contributed by atoms with E-state index in [0.717, 1.165) is 25.3 Å². The van der Waals surface area contributed by atoms with Crippen molar-refractivity contribution in [3.05, 3.63) is 60.1 Å². The minimum Gasteiger partial charge on any atom is -0.467 e. The average molecular weight is 315 g/mol. The number of likely N-dealkylation sites (tertiary alicyclic amines) is 1. The van der Waals surface area contributed by atoms with Crippen LogP contribution in [-0.4, -0.2) is 42.4 Å². The minimum atomic E-state index is -0.444. The zero-order valence-electron chi connectivity index (χ0n) is 13.4. The first kappa shape index (κ1) is 16.2. The van der Waals surface area contributed by atoms with E-state index in [9.17, 15) is 5.11 Å². The predicted molar refractivity (Wildman–Crippen MR) is 89.1 cm³/mol. The highest BCUT2D eigenvalue weighted by atomic mass is 16.5. The maximum Gasteiger partial charge on any atom is 0.129 e. The largest absolute Gasteiger partial charge is 0.467 e. The predicted octanol–water partition coefficient (Wildman–Crippen LogP) is 2.72. The van der Waals surface area contributed by atoms with Crippen molar-refractivity contribution in [2.75, 3.05) is 26.2 Å². The van der Waals surface area contributed by atoms with E-state index >= 15 is 0 Å². The molecule has 4 nitrogen and oxygen atoms in total. The van der Waals surface area contributed by atoms with Gasteiger partial charge in [0.1, 0.15) is 12.4 Å². The van der Waals surface area contributed by atoms with Gasteiger partial charge in [-0.05, 0) is 43.0 Å². The summed E-state index contributed by atoms with van der Waals surface area (Å²) in [5.74, 6) is 1.48. The fraction of sp³-hybridized carbons (Fsp3) is 0.474. The molecule has 1 aromatic carbocycles. The van der Waals surface area contributed by atoms with Crippen molar-refractivity contribution in [2.45, 2.75) is 25.6 Å². The Kier molecular flexibility index (Phi) is 5.86. The standard InChI is InChI=1S/C19H25NO3/c21-18(14-22-15-19-7-4-10-23-19)13-20-9-8-17(12-20)11-16-5-2-1-3-6-16/h1-7,10,17-18,21H,8-9,11-15H2. The molecule has 0 aliphatic carbocycles. The molecule has 1 fully saturated rings.